The minimum absolute atomic E-state index is 0.130. The van der Waals surface area contributed by atoms with Gasteiger partial charge in [-0.2, -0.15) is 0 Å². The van der Waals surface area contributed by atoms with Gasteiger partial charge in [0.1, 0.15) is 23.9 Å². The van der Waals surface area contributed by atoms with Crippen molar-refractivity contribution in [3.8, 4) is 5.75 Å². The highest BCUT2D eigenvalue weighted by Crippen LogP contribution is 2.25. The predicted molar refractivity (Wildman–Crippen MR) is 115 cm³/mol. The van der Waals surface area contributed by atoms with Crippen molar-refractivity contribution in [2.45, 2.75) is 6.04 Å². The molecule has 32 heavy (non-hydrogen) atoms. The number of nitrogens with one attached hydrogen (secondary N) is 1. The van der Waals surface area contributed by atoms with E-state index in [1.807, 2.05) is 0 Å². The van der Waals surface area contributed by atoms with Gasteiger partial charge >= 0.3 is 0 Å². The van der Waals surface area contributed by atoms with Crippen molar-refractivity contribution in [1.29, 1.82) is 0 Å². The number of hydrogen-bond acceptors (Lipinski definition) is 6. The van der Waals surface area contributed by atoms with Crippen molar-refractivity contribution in [3.05, 3.63) is 77.6 Å². The molecule has 1 saturated heterocycles. The highest BCUT2D eigenvalue weighted by Gasteiger charge is 2.27. The van der Waals surface area contributed by atoms with Gasteiger partial charge in [0.05, 0.1) is 5.56 Å². The maximum Gasteiger partial charge on any atom is 0.257 e. The normalized spacial score (nSPS) is 17.5. The lowest BCUT2D eigenvalue weighted by molar-refractivity contribution is -0.127. The Balaban J connectivity index is 1.52. The smallest absolute Gasteiger partial charge is 0.257 e. The molecule has 0 radical (unpaired) electrons. The number of carbonyl (C=O) groups excluding carboxylic acids is 3. The predicted octanol–water partition coefficient (Wildman–Crippen LogP) is 1.88. The van der Waals surface area contributed by atoms with Crippen LogP contribution in [0.15, 0.2) is 60.2 Å². The summed E-state index contributed by atoms with van der Waals surface area (Å²) in [4.78, 5) is 39.0. The molecule has 2 aliphatic heterocycles. The summed E-state index contributed by atoms with van der Waals surface area (Å²) in [7, 11) is 0. The topological polar surface area (TPSA) is 91.3 Å². The second-order valence-electron chi connectivity index (χ2n) is 7.31. The van der Waals surface area contributed by atoms with E-state index in [0.717, 1.165) is 12.4 Å². The number of benzene rings is 2. The Morgan fingerprint density at radius 1 is 1.12 bits per heavy atom. The van der Waals surface area contributed by atoms with Gasteiger partial charge < -0.3 is 19.3 Å². The van der Waals surface area contributed by atoms with E-state index in [0.29, 0.717) is 37.3 Å². The van der Waals surface area contributed by atoms with E-state index in [4.69, 9.17) is 4.74 Å². The van der Waals surface area contributed by atoms with Gasteiger partial charge in [-0.3, -0.25) is 15.0 Å². The molecule has 1 N–H and O–H groups in total. The van der Waals surface area contributed by atoms with Gasteiger partial charge in [0.25, 0.3) is 5.91 Å². The molecule has 164 valence electrons. The second kappa shape index (κ2) is 9.01. The number of halogens is 1. The van der Waals surface area contributed by atoms with Crippen molar-refractivity contribution in [3.63, 3.8) is 0 Å². The molecular weight excluding hydrogens is 415 g/mol. The third kappa shape index (κ3) is 4.09. The number of hydrogen-bond donors (Lipinski definition) is 1. The van der Waals surface area contributed by atoms with E-state index in [9.17, 15) is 18.8 Å². The van der Waals surface area contributed by atoms with Gasteiger partial charge in [0, 0.05) is 31.7 Å². The van der Waals surface area contributed by atoms with Crippen LogP contribution in [-0.2, 0) is 9.59 Å². The fourth-order valence-electron chi connectivity index (χ4n) is 3.68. The fourth-order valence-corrected chi connectivity index (χ4v) is 3.68. The zero-order valence-electron chi connectivity index (χ0n) is 17.2. The minimum Gasteiger partial charge on any atom is -0.437 e. The summed E-state index contributed by atoms with van der Waals surface area (Å²) in [6, 6.07) is 10.5. The van der Waals surface area contributed by atoms with E-state index >= 15 is 0 Å². The van der Waals surface area contributed by atoms with Crippen molar-refractivity contribution in [2.75, 3.05) is 26.2 Å². The number of fused-ring (bicyclic) bond motifs is 1. The lowest BCUT2D eigenvalue weighted by atomic mass is 10.0. The summed E-state index contributed by atoms with van der Waals surface area (Å²) in [5, 5.41) is 4.12. The molecule has 0 spiro atoms. The first-order valence-corrected chi connectivity index (χ1v) is 10.1. The number of hydrazone groups is 1. The third-order valence-electron chi connectivity index (χ3n) is 5.40. The molecule has 2 heterocycles. The Morgan fingerprint density at radius 2 is 1.84 bits per heavy atom. The summed E-state index contributed by atoms with van der Waals surface area (Å²) in [5.41, 5.74) is 3.92. The van der Waals surface area contributed by atoms with Crippen molar-refractivity contribution < 1.29 is 23.5 Å². The van der Waals surface area contributed by atoms with Gasteiger partial charge in [-0.25, -0.2) is 4.39 Å². The van der Waals surface area contributed by atoms with Crippen LogP contribution in [0.2, 0.25) is 0 Å². The standard InChI is InChI=1S/C23H21FN4O4/c1-2-21(30)27-9-11-28(12-10-27)23(31)18-13-15(7-8-19(18)24)32-22-17-6-4-3-5-16(17)20(14-29)25-26-22/h2-8,13-14,20,25H,1,9-12H2. The quantitative estimate of drug-likeness (QED) is 0.584. The average molecular weight is 436 g/mol. The van der Waals surface area contributed by atoms with Crippen LogP contribution < -0.4 is 10.2 Å². The van der Waals surface area contributed by atoms with Crippen LogP contribution in [0, 0.1) is 5.82 Å². The lowest BCUT2D eigenvalue weighted by Crippen LogP contribution is -2.50. The van der Waals surface area contributed by atoms with E-state index in [1.165, 1.54) is 23.1 Å². The van der Waals surface area contributed by atoms with Crippen molar-refractivity contribution in [2.24, 2.45) is 5.10 Å². The molecule has 9 heteroatoms. The molecule has 0 bridgehead atoms. The molecule has 0 saturated carbocycles. The first-order valence-electron chi connectivity index (χ1n) is 10.1. The number of amides is 2. The Morgan fingerprint density at radius 3 is 2.56 bits per heavy atom. The number of aldehydes is 1. The Labute approximate surface area is 184 Å². The van der Waals surface area contributed by atoms with E-state index in [2.05, 4.69) is 17.1 Å². The molecule has 2 aromatic rings. The Kier molecular flexibility index (Phi) is 5.98. The summed E-state index contributed by atoms with van der Waals surface area (Å²) in [6.45, 7) is 4.75. The molecule has 2 aromatic carbocycles. The van der Waals surface area contributed by atoms with Gasteiger partial charge in [-0.15, -0.1) is 5.10 Å². The largest absolute Gasteiger partial charge is 0.437 e. The molecule has 2 amide bonds. The molecule has 1 fully saturated rings. The van der Waals surface area contributed by atoms with Crippen LogP contribution in [0.3, 0.4) is 0 Å². The van der Waals surface area contributed by atoms with E-state index in [-0.39, 0.29) is 23.1 Å². The SMILES string of the molecule is C=CC(=O)N1CCN(C(=O)c2cc(OC3=NNC(C=O)c4ccccc43)ccc2F)CC1. The Hall–Kier alpha value is -4.01. The number of ether oxygens (including phenoxy) is 1. The first-order chi connectivity index (χ1) is 15.5. The first kappa shape index (κ1) is 21.2. The van der Waals surface area contributed by atoms with Crippen LogP contribution in [0.25, 0.3) is 0 Å². The van der Waals surface area contributed by atoms with Gasteiger partial charge in [0.2, 0.25) is 11.8 Å². The van der Waals surface area contributed by atoms with Gasteiger partial charge in [-0.05, 0) is 35.9 Å². The third-order valence-corrected chi connectivity index (χ3v) is 5.40. The second-order valence-corrected chi connectivity index (χ2v) is 7.31. The minimum atomic E-state index is -0.669. The van der Waals surface area contributed by atoms with Gasteiger partial charge in [-0.1, -0.05) is 24.8 Å². The van der Waals surface area contributed by atoms with E-state index < -0.39 is 17.8 Å². The average Bonchev–Trinajstić information content (AvgIpc) is 2.84. The monoisotopic (exact) mass is 436 g/mol. The molecule has 0 aliphatic carbocycles. The Bertz CT molecular complexity index is 1110. The summed E-state index contributed by atoms with van der Waals surface area (Å²) in [6.07, 6.45) is 1.98. The zero-order valence-corrected chi connectivity index (χ0v) is 17.2. The molecule has 8 nitrogen and oxygen atoms in total. The van der Waals surface area contributed by atoms with Crippen molar-refractivity contribution in [1.82, 2.24) is 15.2 Å². The lowest BCUT2D eigenvalue weighted by Gasteiger charge is -2.34. The van der Waals surface area contributed by atoms with Gasteiger partial charge in [0.15, 0.2) is 0 Å². The van der Waals surface area contributed by atoms with Crippen molar-refractivity contribution >= 4 is 24.0 Å². The molecule has 0 aromatic heterocycles. The number of rotatable bonds is 4. The maximum absolute atomic E-state index is 14.5. The van der Waals surface area contributed by atoms with E-state index in [1.54, 1.807) is 29.2 Å². The molecule has 1 unspecified atom stereocenters. The summed E-state index contributed by atoms with van der Waals surface area (Å²) < 4.78 is 20.3. The van der Waals surface area contributed by atoms with Crippen LogP contribution in [0.5, 0.6) is 5.75 Å². The number of carbonyl (C=O) groups is 3. The maximum atomic E-state index is 14.5. The molecule has 2 aliphatic rings. The van der Waals surface area contributed by atoms with Crippen LogP contribution in [0.1, 0.15) is 27.5 Å². The zero-order chi connectivity index (χ0) is 22.7. The molecular formula is C23H21FN4O4. The molecule has 1 atom stereocenters. The summed E-state index contributed by atoms with van der Waals surface area (Å²) in [5.74, 6) is -0.908. The van der Waals surface area contributed by atoms with Crippen LogP contribution in [0.4, 0.5) is 4.39 Å². The highest BCUT2D eigenvalue weighted by atomic mass is 19.1. The number of nitrogens with zero attached hydrogens (tertiary/aromatic N) is 3. The fraction of sp³-hybridized carbons (Fsp3) is 0.217. The van der Waals surface area contributed by atoms with Crippen LogP contribution in [-0.4, -0.2) is 60.0 Å². The van der Waals surface area contributed by atoms with Crippen LogP contribution >= 0.6 is 0 Å². The highest BCUT2D eigenvalue weighted by molar-refractivity contribution is 5.99. The number of piperazine rings is 1. The molecule has 4 rings (SSSR count). The summed E-state index contributed by atoms with van der Waals surface area (Å²) >= 11 is 0.